The first kappa shape index (κ1) is 20.6. The van der Waals surface area contributed by atoms with Crippen LogP contribution in [0.5, 0.6) is 5.75 Å². The number of benzene rings is 1. The number of anilines is 1. The molecule has 0 spiro atoms. The molecule has 0 aliphatic heterocycles. The van der Waals surface area contributed by atoms with Crippen molar-refractivity contribution in [2.24, 2.45) is 5.92 Å². The van der Waals surface area contributed by atoms with Gasteiger partial charge in [-0.2, -0.15) is 13.2 Å². The summed E-state index contributed by atoms with van der Waals surface area (Å²) in [6, 6.07) is 3.06. The van der Waals surface area contributed by atoms with E-state index in [-0.39, 0.29) is 18.9 Å². The van der Waals surface area contributed by atoms with Crippen LogP contribution >= 0.6 is 0 Å². The highest BCUT2D eigenvalue weighted by molar-refractivity contribution is 5.96. The molecule has 0 bridgehead atoms. The molecular formula is C16H20F3NO5. The molecule has 0 radical (unpaired) electrons. The molecule has 0 aliphatic rings. The van der Waals surface area contributed by atoms with Gasteiger partial charge in [-0.3, -0.25) is 9.59 Å². The van der Waals surface area contributed by atoms with Gasteiger partial charge in [-0.15, -0.1) is 0 Å². The van der Waals surface area contributed by atoms with Crippen LogP contribution in [0.25, 0.3) is 0 Å². The Morgan fingerprint density at radius 3 is 1.88 bits per heavy atom. The number of carbonyl (C=O) groups excluding carboxylic acids is 2. The second-order valence-electron chi connectivity index (χ2n) is 4.87. The lowest BCUT2D eigenvalue weighted by Gasteiger charge is -2.27. The lowest BCUT2D eigenvalue weighted by Crippen LogP contribution is -2.50. The number of hydrogen-bond acceptors (Lipinski definition) is 6. The smallest absolute Gasteiger partial charge is 0.409 e. The van der Waals surface area contributed by atoms with Gasteiger partial charge in [0.05, 0.1) is 20.3 Å². The summed E-state index contributed by atoms with van der Waals surface area (Å²) >= 11 is 0. The maximum atomic E-state index is 13.5. The average Bonchev–Trinajstić information content (AvgIpc) is 2.54. The maximum Gasteiger partial charge on any atom is 0.409 e. The maximum absolute atomic E-state index is 13.5. The minimum atomic E-state index is -4.90. The Labute approximate surface area is 143 Å². The van der Waals surface area contributed by atoms with E-state index in [0.29, 0.717) is 5.75 Å². The lowest BCUT2D eigenvalue weighted by molar-refractivity contribution is -0.184. The third-order valence-corrected chi connectivity index (χ3v) is 3.18. The van der Waals surface area contributed by atoms with E-state index < -0.39 is 30.1 Å². The van der Waals surface area contributed by atoms with Crippen molar-refractivity contribution in [3.05, 3.63) is 24.3 Å². The van der Waals surface area contributed by atoms with Crippen molar-refractivity contribution < 1.29 is 37.0 Å². The fraction of sp³-hybridized carbons (Fsp3) is 0.500. The summed E-state index contributed by atoms with van der Waals surface area (Å²) in [7, 11) is 1.42. The standard InChI is InChI=1S/C16H20F3NO5/c1-4-24-14(21)12(15(22)25-5-2)13(16(17,18)19)20-10-6-8-11(23-3)9-7-10/h6-9,12-13,20H,4-5H2,1-3H3. The van der Waals surface area contributed by atoms with Crippen molar-refractivity contribution >= 4 is 17.6 Å². The molecule has 6 nitrogen and oxygen atoms in total. The lowest BCUT2D eigenvalue weighted by atomic mass is 9.98. The second-order valence-corrected chi connectivity index (χ2v) is 4.87. The van der Waals surface area contributed by atoms with E-state index in [1.807, 2.05) is 0 Å². The Balaban J connectivity index is 3.17. The van der Waals surface area contributed by atoms with E-state index in [2.05, 4.69) is 14.8 Å². The Morgan fingerprint density at radius 1 is 1.04 bits per heavy atom. The first-order valence-corrected chi connectivity index (χ1v) is 7.55. The summed E-state index contributed by atoms with van der Waals surface area (Å²) in [6.07, 6.45) is -4.90. The molecule has 9 heteroatoms. The normalized spacial score (nSPS) is 12.4. The van der Waals surface area contributed by atoms with Gasteiger partial charge in [0.25, 0.3) is 0 Å². The molecule has 140 valence electrons. The van der Waals surface area contributed by atoms with Crippen LogP contribution in [-0.2, 0) is 19.1 Å². The van der Waals surface area contributed by atoms with Gasteiger partial charge in [-0.1, -0.05) is 0 Å². The summed E-state index contributed by atoms with van der Waals surface area (Å²) in [5, 5.41) is 2.17. The third kappa shape index (κ3) is 5.84. The Morgan fingerprint density at radius 2 is 1.52 bits per heavy atom. The number of rotatable bonds is 8. The molecule has 1 N–H and O–H groups in total. The molecule has 0 saturated carbocycles. The van der Waals surface area contributed by atoms with E-state index >= 15 is 0 Å². The van der Waals surface area contributed by atoms with E-state index in [0.717, 1.165) is 0 Å². The molecule has 1 aromatic carbocycles. The number of carbonyl (C=O) groups is 2. The van der Waals surface area contributed by atoms with E-state index in [1.54, 1.807) is 0 Å². The van der Waals surface area contributed by atoms with Gasteiger partial charge < -0.3 is 19.5 Å². The van der Waals surface area contributed by atoms with Gasteiger partial charge in [-0.25, -0.2) is 0 Å². The third-order valence-electron chi connectivity index (χ3n) is 3.18. The van der Waals surface area contributed by atoms with Crippen LogP contribution in [0.4, 0.5) is 18.9 Å². The molecule has 1 aromatic rings. The van der Waals surface area contributed by atoms with Crippen molar-refractivity contribution in [2.45, 2.75) is 26.1 Å². The monoisotopic (exact) mass is 363 g/mol. The summed E-state index contributed by atoms with van der Waals surface area (Å²) in [5.41, 5.74) is 0.0571. The number of esters is 2. The highest BCUT2D eigenvalue weighted by Gasteiger charge is 2.52. The predicted molar refractivity (Wildman–Crippen MR) is 83.2 cm³/mol. The largest absolute Gasteiger partial charge is 0.497 e. The number of methoxy groups -OCH3 is 1. The zero-order valence-corrected chi connectivity index (χ0v) is 14.1. The summed E-state index contributed by atoms with van der Waals surface area (Å²) in [6.45, 7) is 2.53. The number of ether oxygens (including phenoxy) is 3. The molecular weight excluding hydrogens is 343 g/mol. The molecule has 0 aromatic heterocycles. The summed E-state index contributed by atoms with van der Waals surface area (Å²) in [5.74, 6) is -4.34. The van der Waals surface area contributed by atoms with Crippen LogP contribution in [0.1, 0.15) is 13.8 Å². The van der Waals surface area contributed by atoms with Crippen LogP contribution in [-0.4, -0.2) is 44.5 Å². The van der Waals surface area contributed by atoms with Crippen molar-refractivity contribution in [1.29, 1.82) is 0 Å². The van der Waals surface area contributed by atoms with Crippen LogP contribution in [0, 0.1) is 5.92 Å². The topological polar surface area (TPSA) is 73.9 Å². The zero-order chi connectivity index (χ0) is 19.0. The van der Waals surface area contributed by atoms with Crippen LogP contribution < -0.4 is 10.1 Å². The Kier molecular flexibility index (Phi) is 7.53. The molecule has 1 unspecified atom stereocenters. The van der Waals surface area contributed by atoms with Crippen LogP contribution in [0.2, 0.25) is 0 Å². The van der Waals surface area contributed by atoms with Gasteiger partial charge in [0.1, 0.15) is 11.8 Å². The first-order valence-electron chi connectivity index (χ1n) is 7.55. The fourth-order valence-electron chi connectivity index (χ4n) is 2.05. The van der Waals surface area contributed by atoms with Crippen molar-refractivity contribution in [1.82, 2.24) is 0 Å². The Hall–Kier alpha value is -2.45. The number of hydrogen-bond donors (Lipinski definition) is 1. The quantitative estimate of drug-likeness (QED) is 0.566. The summed E-state index contributed by atoms with van der Waals surface area (Å²) in [4.78, 5) is 23.9. The number of alkyl halides is 3. The van der Waals surface area contributed by atoms with Gasteiger partial charge in [0.2, 0.25) is 0 Å². The fourth-order valence-corrected chi connectivity index (χ4v) is 2.05. The molecule has 0 aliphatic carbocycles. The van der Waals surface area contributed by atoms with Crippen molar-refractivity contribution in [3.8, 4) is 5.75 Å². The molecule has 1 atom stereocenters. The van der Waals surface area contributed by atoms with Gasteiger partial charge in [0, 0.05) is 5.69 Å². The first-order chi connectivity index (χ1) is 11.7. The summed E-state index contributed by atoms with van der Waals surface area (Å²) < 4.78 is 54.7. The Bertz CT molecular complexity index is 556. The van der Waals surface area contributed by atoms with Gasteiger partial charge in [0.15, 0.2) is 5.92 Å². The highest BCUT2D eigenvalue weighted by atomic mass is 19.4. The number of nitrogens with one attached hydrogen (secondary N) is 1. The van der Waals surface area contributed by atoms with Gasteiger partial charge in [-0.05, 0) is 38.1 Å². The molecule has 0 amide bonds. The van der Waals surface area contributed by atoms with E-state index in [1.165, 1.54) is 45.2 Å². The van der Waals surface area contributed by atoms with Crippen molar-refractivity contribution in [2.75, 3.05) is 25.6 Å². The minimum absolute atomic E-state index is 0.0571. The highest BCUT2D eigenvalue weighted by Crippen LogP contribution is 2.31. The van der Waals surface area contributed by atoms with E-state index in [4.69, 9.17) is 4.74 Å². The molecule has 0 heterocycles. The van der Waals surface area contributed by atoms with E-state index in [9.17, 15) is 22.8 Å². The number of halogens is 3. The van der Waals surface area contributed by atoms with Crippen LogP contribution in [0.15, 0.2) is 24.3 Å². The molecule has 0 saturated heterocycles. The average molecular weight is 363 g/mol. The van der Waals surface area contributed by atoms with Crippen molar-refractivity contribution in [3.63, 3.8) is 0 Å². The SMILES string of the molecule is CCOC(=O)C(C(=O)OCC)C(Nc1ccc(OC)cc1)C(F)(F)F. The predicted octanol–water partition coefficient (Wildman–Crippen LogP) is 2.78. The van der Waals surface area contributed by atoms with Gasteiger partial charge >= 0.3 is 18.1 Å². The molecule has 25 heavy (non-hydrogen) atoms. The molecule has 0 fully saturated rings. The van der Waals surface area contributed by atoms with Crippen LogP contribution in [0.3, 0.4) is 0 Å². The second kappa shape index (κ2) is 9.14. The zero-order valence-electron chi connectivity index (χ0n) is 14.1. The minimum Gasteiger partial charge on any atom is -0.497 e. The molecule has 1 rings (SSSR count).